The quantitative estimate of drug-likeness (QED) is 0.742. The number of sulfonamides is 1. The van der Waals surface area contributed by atoms with Gasteiger partial charge in [-0.25, -0.2) is 8.42 Å². The molecule has 1 fully saturated rings. The molecule has 1 aliphatic carbocycles. The summed E-state index contributed by atoms with van der Waals surface area (Å²) in [5.41, 5.74) is 1.03. The van der Waals surface area contributed by atoms with Crippen LogP contribution in [-0.2, 0) is 10.0 Å². The fourth-order valence-corrected chi connectivity index (χ4v) is 5.19. The maximum absolute atomic E-state index is 12.4. The van der Waals surface area contributed by atoms with Crippen molar-refractivity contribution in [2.75, 3.05) is 4.72 Å². The van der Waals surface area contributed by atoms with Crippen LogP contribution in [0.1, 0.15) is 43.0 Å². The topological polar surface area (TPSA) is 63.2 Å². The van der Waals surface area contributed by atoms with Gasteiger partial charge < -0.3 is 0 Å². The van der Waals surface area contributed by atoms with Crippen molar-refractivity contribution < 1.29 is 13.2 Å². The Bertz CT molecular complexity index is 837. The largest absolute Gasteiger partial charge is 0.295 e. The standard InChI is InChI=1S/C19H21NO3S2/c1-14(21)15-6-12-19(13-7-15)25(22,23)20-16-8-10-18(11-9-16)24-17-4-2-3-5-17/h6-13,17,20H,2-5H2,1H3. The molecule has 0 aromatic heterocycles. The minimum absolute atomic E-state index is 0.0905. The predicted octanol–water partition coefficient (Wildman–Crippen LogP) is 4.72. The SMILES string of the molecule is CC(=O)c1ccc(S(=O)(=O)Nc2ccc(SC3CCCC3)cc2)cc1. The highest BCUT2D eigenvalue weighted by molar-refractivity contribution is 8.00. The number of hydrogen-bond acceptors (Lipinski definition) is 4. The van der Waals surface area contributed by atoms with Gasteiger partial charge in [-0.3, -0.25) is 9.52 Å². The molecule has 25 heavy (non-hydrogen) atoms. The Kier molecular flexibility index (Phi) is 5.49. The van der Waals surface area contributed by atoms with E-state index in [2.05, 4.69) is 4.72 Å². The van der Waals surface area contributed by atoms with Crippen molar-refractivity contribution in [1.29, 1.82) is 0 Å². The van der Waals surface area contributed by atoms with Gasteiger partial charge in [0.15, 0.2) is 5.78 Å². The second-order valence-corrected chi connectivity index (χ2v) is 9.29. The third-order valence-electron chi connectivity index (χ3n) is 4.28. The van der Waals surface area contributed by atoms with Gasteiger partial charge in [0.2, 0.25) is 0 Å². The lowest BCUT2D eigenvalue weighted by atomic mass is 10.2. The first-order chi connectivity index (χ1) is 11.9. The molecule has 3 rings (SSSR count). The molecule has 0 radical (unpaired) electrons. The molecule has 0 aliphatic heterocycles. The zero-order chi connectivity index (χ0) is 17.9. The Hall–Kier alpha value is -1.79. The number of nitrogens with one attached hydrogen (secondary N) is 1. The van der Waals surface area contributed by atoms with Crippen LogP contribution in [0.5, 0.6) is 0 Å². The normalized spacial score (nSPS) is 15.2. The van der Waals surface area contributed by atoms with Gasteiger partial charge in [0.05, 0.1) is 4.90 Å². The summed E-state index contributed by atoms with van der Waals surface area (Å²) in [4.78, 5) is 12.6. The fourth-order valence-electron chi connectivity index (χ4n) is 2.88. The highest BCUT2D eigenvalue weighted by atomic mass is 32.2. The summed E-state index contributed by atoms with van der Waals surface area (Å²) in [7, 11) is -3.66. The van der Waals surface area contributed by atoms with Gasteiger partial charge in [-0.2, -0.15) is 0 Å². The van der Waals surface area contributed by atoms with E-state index in [9.17, 15) is 13.2 Å². The number of hydrogen-bond donors (Lipinski definition) is 1. The molecule has 0 unspecified atom stereocenters. The number of anilines is 1. The van der Waals surface area contributed by atoms with Gasteiger partial charge in [-0.15, -0.1) is 11.8 Å². The Balaban J connectivity index is 1.68. The van der Waals surface area contributed by atoms with Crippen LogP contribution in [0.25, 0.3) is 0 Å². The molecule has 6 heteroatoms. The zero-order valence-corrected chi connectivity index (χ0v) is 15.7. The van der Waals surface area contributed by atoms with E-state index in [-0.39, 0.29) is 10.7 Å². The number of thioether (sulfide) groups is 1. The summed E-state index contributed by atoms with van der Waals surface area (Å²) < 4.78 is 27.5. The van der Waals surface area contributed by atoms with E-state index < -0.39 is 10.0 Å². The number of Topliss-reactive ketones (excluding diaryl/α,β-unsaturated/α-hetero) is 1. The summed E-state index contributed by atoms with van der Waals surface area (Å²) in [6.07, 6.45) is 5.13. The number of benzene rings is 2. The van der Waals surface area contributed by atoms with Gasteiger partial charge in [0.1, 0.15) is 0 Å². The van der Waals surface area contributed by atoms with Crippen LogP contribution in [0.4, 0.5) is 5.69 Å². The van der Waals surface area contributed by atoms with Gasteiger partial charge in [-0.1, -0.05) is 25.0 Å². The van der Waals surface area contributed by atoms with Crippen LogP contribution < -0.4 is 4.72 Å². The van der Waals surface area contributed by atoms with E-state index in [1.54, 1.807) is 12.1 Å². The summed E-state index contributed by atoms with van der Waals surface area (Å²) in [5.74, 6) is -0.0905. The van der Waals surface area contributed by atoms with Crippen molar-refractivity contribution >= 4 is 33.3 Å². The molecule has 0 atom stereocenters. The molecule has 1 saturated carbocycles. The maximum Gasteiger partial charge on any atom is 0.261 e. The van der Waals surface area contributed by atoms with E-state index in [0.717, 1.165) is 0 Å². The molecule has 2 aromatic carbocycles. The van der Waals surface area contributed by atoms with E-state index in [1.165, 1.54) is 61.8 Å². The number of carbonyl (C=O) groups is 1. The smallest absolute Gasteiger partial charge is 0.261 e. The average Bonchev–Trinajstić information content (AvgIpc) is 3.09. The van der Waals surface area contributed by atoms with Crippen molar-refractivity contribution in [1.82, 2.24) is 0 Å². The summed E-state index contributed by atoms with van der Waals surface area (Å²) >= 11 is 1.87. The lowest BCUT2D eigenvalue weighted by molar-refractivity contribution is 0.101. The van der Waals surface area contributed by atoms with Crippen molar-refractivity contribution in [3.05, 3.63) is 54.1 Å². The fraction of sp³-hybridized carbons (Fsp3) is 0.316. The Morgan fingerprint density at radius 3 is 2.16 bits per heavy atom. The second-order valence-electron chi connectivity index (χ2n) is 6.23. The Morgan fingerprint density at radius 1 is 1.00 bits per heavy atom. The molecule has 0 saturated heterocycles. The van der Waals surface area contributed by atoms with Crippen molar-refractivity contribution in [3.8, 4) is 0 Å². The first-order valence-electron chi connectivity index (χ1n) is 8.34. The average molecular weight is 376 g/mol. The number of rotatable bonds is 6. The lowest BCUT2D eigenvalue weighted by Gasteiger charge is -2.11. The van der Waals surface area contributed by atoms with Gasteiger partial charge >= 0.3 is 0 Å². The van der Waals surface area contributed by atoms with E-state index in [1.807, 2.05) is 23.9 Å². The second kappa shape index (κ2) is 7.62. The first kappa shape index (κ1) is 18.0. The molecular weight excluding hydrogens is 354 g/mol. The van der Waals surface area contributed by atoms with E-state index in [4.69, 9.17) is 0 Å². The highest BCUT2D eigenvalue weighted by Crippen LogP contribution is 2.35. The number of ketones is 1. The zero-order valence-electron chi connectivity index (χ0n) is 14.1. The molecule has 1 N–H and O–H groups in total. The molecule has 2 aromatic rings. The highest BCUT2D eigenvalue weighted by Gasteiger charge is 2.17. The summed E-state index contributed by atoms with van der Waals surface area (Å²) in [5, 5.41) is 0.683. The third-order valence-corrected chi connectivity index (χ3v) is 7.03. The lowest BCUT2D eigenvalue weighted by Crippen LogP contribution is -2.13. The van der Waals surface area contributed by atoms with Crippen LogP contribution in [0.2, 0.25) is 0 Å². The molecule has 0 amide bonds. The van der Waals surface area contributed by atoms with Gasteiger partial charge in [0, 0.05) is 21.4 Å². The minimum atomic E-state index is -3.66. The van der Waals surface area contributed by atoms with E-state index >= 15 is 0 Å². The molecule has 132 valence electrons. The number of carbonyl (C=O) groups excluding carboxylic acids is 1. The van der Waals surface area contributed by atoms with Crippen LogP contribution in [0.15, 0.2) is 58.3 Å². The third kappa shape index (κ3) is 4.64. The van der Waals surface area contributed by atoms with Crippen molar-refractivity contribution in [3.63, 3.8) is 0 Å². The van der Waals surface area contributed by atoms with Crippen LogP contribution in [0, 0.1) is 0 Å². The minimum Gasteiger partial charge on any atom is -0.295 e. The van der Waals surface area contributed by atoms with Crippen molar-refractivity contribution in [2.24, 2.45) is 0 Å². The molecule has 0 spiro atoms. The van der Waals surface area contributed by atoms with Crippen LogP contribution in [0.3, 0.4) is 0 Å². The van der Waals surface area contributed by atoms with Crippen molar-refractivity contribution in [2.45, 2.75) is 47.6 Å². The predicted molar refractivity (Wildman–Crippen MR) is 102 cm³/mol. The molecule has 0 heterocycles. The van der Waals surface area contributed by atoms with Gasteiger partial charge in [0.25, 0.3) is 10.0 Å². The Labute approximate surface area is 153 Å². The van der Waals surface area contributed by atoms with E-state index in [0.29, 0.717) is 16.5 Å². The maximum atomic E-state index is 12.4. The molecule has 0 bridgehead atoms. The first-order valence-corrected chi connectivity index (χ1v) is 10.7. The Morgan fingerprint density at radius 2 is 1.60 bits per heavy atom. The monoisotopic (exact) mass is 375 g/mol. The van der Waals surface area contributed by atoms with Gasteiger partial charge in [-0.05, 0) is 56.2 Å². The summed E-state index contributed by atoms with van der Waals surface area (Å²) in [6, 6.07) is 13.4. The molecule has 1 aliphatic rings. The van der Waals surface area contributed by atoms with Crippen LogP contribution in [-0.4, -0.2) is 19.5 Å². The molecular formula is C19H21NO3S2. The molecule has 4 nitrogen and oxygen atoms in total. The summed E-state index contributed by atoms with van der Waals surface area (Å²) in [6.45, 7) is 1.45. The van der Waals surface area contributed by atoms with Crippen LogP contribution >= 0.6 is 11.8 Å².